The molecular formula is C15H21N2O4+. The first kappa shape index (κ1) is 15.5. The highest BCUT2D eigenvalue weighted by Gasteiger charge is 2.22. The predicted molar refractivity (Wildman–Crippen MR) is 77.0 cm³/mol. The van der Waals surface area contributed by atoms with Gasteiger partial charge >= 0.3 is 5.97 Å². The summed E-state index contributed by atoms with van der Waals surface area (Å²) in [6.07, 6.45) is 0. The van der Waals surface area contributed by atoms with Crippen molar-refractivity contribution in [2.45, 2.75) is 26.9 Å². The first-order chi connectivity index (χ1) is 10.1. The minimum atomic E-state index is -0.359. The Kier molecular flexibility index (Phi) is 4.93. The number of aliphatic hydroxyl groups excluding tert-OH is 2. The number of aromatic nitrogens is 2. The van der Waals surface area contributed by atoms with Gasteiger partial charge < -0.3 is 14.9 Å². The molecule has 0 atom stereocenters. The van der Waals surface area contributed by atoms with E-state index in [2.05, 4.69) is 0 Å². The van der Waals surface area contributed by atoms with Crippen LogP contribution in [-0.2, 0) is 17.8 Å². The van der Waals surface area contributed by atoms with Crippen LogP contribution in [0.15, 0.2) is 18.2 Å². The Morgan fingerprint density at radius 3 is 2.71 bits per heavy atom. The molecule has 1 aromatic heterocycles. The number of ether oxygens (including phenoxy) is 1. The number of hydrogen-bond donors (Lipinski definition) is 2. The molecule has 0 radical (unpaired) electrons. The van der Waals surface area contributed by atoms with Crippen molar-refractivity contribution in [3.05, 3.63) is 29.6 Å². The highest BCUT2D eigenvalue weighted by Crippen LogP contribution is 2.17. The second-order valence-corrected chi connectivity index (χ2v) is 4.72. The van der Waals surface area contributed by atoms with Crippen molar-refractivity contribution in [2.75, 3.05) is 19.8 Å². The Labute approximate surface area is 123 Å². The lowest BCUT2D eigenvalue weighted by Crippen LogP contribution is -2.38. The van der Waals surface area contributed by atoms with Crippen molar-refractivity contribution >= 4 is 17.0 Å². The van der Waals surface area contributed by atoms with E-state index in [1.54, 1.807) is 19.1 Å². The van der Waals surface area contributed by atoms with Gasteiger partial charge in [-0.15, -0.1) is 0 Å². The summed E-state index contributed by atoms with van der Waals surface area (Å²) in [5.74, 6) is 0.566. The molecule has 114 valence electrons. The van der Waals surface area contributed by atoms with Crippen molar-refractivity contribution in [3.63, 3.8) is 0 Å². The lowest BCUT2D eigenvalue weighted by molar-refractivity contribution is -0.679. The van der Waals surface area contributed by atoms with E-state index in [1.807, 2.05) is 22.1 Å². The third kappa shape index (κ3) is 2.91. The van der Waals surface area contributed by atoms with Crippen molar-refractivity contribution in [3.8, 4) is 0 Å². The number of imidazole rings is 1. The van der Waals surface area contributed by atoms with E-state index in [0.29, 0.717) is 25.3 Å². The molecule has 0 bridgehead atoms. The summed E-state index contributed by atoms with van der Waals surface area (Å²) in [5.41, 5.74) is 2.25. The zero-order valence-corrected chi connectivity index (χ0v) is 12.4. The fraction of sp³-hybridized carbons (Fsp3) is 0.467. The van der Waals surface area contributed by atoms with Crippen LogP contribution in [0.25, 0.3) is 11.0 Å². The number of nitrogens with zero attached hydrogens (tertiary/aromatic N) is 2. The smallest absolute Gasteiger partial charge is 0.338 e. The van der Waals surface area contributed by atoms with Gasteiger partial charge in [0, 0.05) is 13.0 Å². The number of esters is 1. The van der Waals surface area contributed by atoms with Gasteiger partial charge in [0.1, 0.15) is 13.1 Å². The molecule has 0 fully saturated rings. The van der Waals surface area contributed by atoms with Crippen LogP contribution in [0.5, 0.6) is 0 Å². The van der Waals surface area contributed by atoms with E-state index in [1.165, 1.54) is 0 Å². The third-order valence-corrected chi connectivity index (χ3v) is 3.50. The summed E-state index contributed by atoms with van der Waals surface area (Å²) < 4.78 is 8.93. The molecule has 0 aliphatic heterocycles. The van der Waals surface area contributed by atoms with Crippen LogP contribution in [0.4, 0.5) is 0 Å². The van der Waals surface area contributed by atoms with Crippen molar-refractivity contribution in [2.24, 2.45) is 0 Å². The lowest BCUT2D eigenvalue weighted by Gasteiger charge is -2.01. The highest BCUT2D eigenvalue weighted by molar-refractivity contribution is 5.93. The molecule has 0 amide bonds. The number of hydrogen-bond acceptors (Lipinski definition) is 4. The Morgan fingerprint density at radius 1 is 1.33 bits per heavy atom. The van der Waals surface area contributed by atoms with E-state index in [0.717, 1.165) is 16.9 Å². The number of fused-ring (bicyclic) bond motifs is 1. The molecule has 0 unspecified atom stereocenters. The monoisotopic (exact) mass is 293 g/mol. The summed E-state index contributed by atoms with van der Waals surface area (Å²) in [6, 6.07) is 5.33. The quantitative estimate of drug-likeness (QED) is 0.597. The van der Waals surface area contributed by atoms with Crippen LogP contribution in [0.2, 0.25) is 0 Å². The third-order valence-electron chi connectivity index (χ3n) is 3.50. The molecule has 2 N–H and O–H groups in total. The Balaban J connectivity index is 2.58. The van der Waals surface area contributed by atoms with E-state index in [9.17, 15) is 15.0 Å². The van der Waals surface area contributed by atoms with Crippen LogP contribution in [-0.4, -0.2) is 40.6 Å². The van der Waals surface area contributed by atoms with Crippen molar-refractivity contribution < 1.29 is 24.3 Å². The van der Waals surface area contributed by atoms with Gasteiger partial charge in [0.05, 0.1) is 25.4 Å². The van der Waals surface area contributed by atoms with Crippen molar-refractivity contribution in [1.29, 1.82) is 0 Å². The standard InChI is InChI=1S/C15H21N2O4/c1-3-21-15(20)12-4-5-13-14(10-12)17(7-9-19)11(2)16(13)6-8-18/h4-5,10,18-19H,3,6-9H2,1-2H3/q+1. The predicted octanol–water partition coefficient (Wildman–Crippen LogP) is 0.399. The van der Waals surface area contributed by atoms with Crippen LogP contribution >= 0.6 is 0 Å². The number of benzene rings is 1. The number of carbonyl (C=O) groups is 1. The zero-order valence-electron chi connectivity index (χ0n) is 12.4. The highest BCUT2D eigenvalue weighted by atomic mass is 16.5. The number of rotatable bonds is 6. The summed E-state index contributed by atoms with van der Waals surface area (Å²) in [7, 11) is 0. The SMILES string of the molecule is CCOC(=O)c1ccc2c(c1)n(CCO)c(C)[n+]2CCO. The normalized spacial score (nSPS) is 11.0. The van der Waals surface area contributed by atoms with Gasteiger partial charge in [0.25, 0.3) is 5.82 Å². The average molecular weight is 293 g/mol. The van der Waals surface area contributed by atoms with E-state index >= 15 is 0 Å². The Hall–Kier alpha value is -1.92. The molecule has 0 aliphatic carbocycles. The second-order valence-electron chi connectivity index (χ2n) is 4.72. The van der Waals surface area contributed by atoms with E-state index < -0.39 is 0 Å². The molecule has 0 aliphatic rings. The van der Waals surface area contributed by atoms with Gasteiger partial charge in [0.15, 0.2) is 11.0 Å². The minimum absolute atomic E-state index is 0.00732. The summed E-state index contributed by atoms with van der Waals surface area (Å²) in [6.45, 7) is 4.97. The zero-order chi connectivity index (χ0) is 15.4. The first-order valence-corrected chi connectivity index (χ1v) is 7.05. The Bertz CT molecular complexity index is 649. The summed E-state index contributed by atoms with van der Waals surface area (Å²) in [4.78, 5) is 11.8. The topological polar surface area (TPSA) is 75.6 Å². The molecule has 0 spiro atoms. The fourth-order valence-corrected chi connectivity index (χ4v) is 2.57. The molecule has 0 saturated heterocycles. The molecule has 2 aromatic rings. The van der Waals surface area contributed by atoms with E-state index in [4.69, 9.17) is 4.74 Å². The number of carbonyl (C=O) groups excluding carboxylic acids is 1. The van der Waals surface area contributed by atoms with Gasteiger partial charge in [-0.1, -0.05) is 0 Å². The summed E-state index contributed by atoms with van der Waals surface area (Å²) in [5, 5.41) is 18.4. The molecule has 0 saturated carbocycles. The van der Waals surface area contributed by atoms with Crippen LogP contribution in [0, 0.1) is 6.92 Å². The maximum atomic E-state index is 11.8. The fourth-order valence-electron chi connectivity index (χ4n) is 2.57. The molecule has 6 heteroatoms. The molecule has 2 rings (SSSR count). The van der Waals surface area contributed by atoms with Gasteiger partial charge in [-0.25, -0.2) is 13.9 Å². The van der Waals surface area contributed by atoms with Crippen LogP contribution in [0.3, 0.4) is 0 Å². The molecule has 6 nitrogen and oxygen atoms in total. The summed E-state index contributed by atoms with van der Waals surface area (Å²) >= 11 is 0. The maximum Gasteiger partial charge on any atom is 0.338 e. The molecule has 21 heavy (non-hydrogen) atoms. The second kappa shape index (κ2) is 6.69. The molecule has 1 heterocycles. The van der Waals surface area contributed by atoms with Crippen LogP contribution < -0.4 is 4.57 Å². The van der Waals surface area contributed by atoms with Gasteiger partial charge in [-0.2, -0.15) is 0 Å². The largest absolute Gasteiger partial charge is 0.462 e. The van der Waals surface area contributed by atoms with Gasteiger partial charge in [0.2, 0.25) is 0 Å². The van der Waals surface area contributed by atoms with E-state index in [-0.39, 0.29) is 19.2 Å². The molecular weight excluding hydrogens is 272 g/mol. The lowest BCUT2D eigenvalue weighted by atomic mass is 10.2. The van der Waals surface area contributed by atoms with Crippen LogP contribution in [0.1, 0.15) is 23.1 Å². The Morgan fingerprint density at radius 2 is 2.10 bits per heavy atom. The first-order valence-electron chi connectivity index (χ1n) is 7.05. The average Bonchev–Trinajstić information content (AvgIpc) is 2.73. The number of aliphatic hydroxyl groups is 2. The molecule has 1 aromatic carbocycles. The van der Waals surface area contributed by atoms with Crippen molar-refractivity contribution in [1.82, 2.24) is 4.57 Å². The van der Waals surface area contributed by atoms with Gasteiger partial charge in [-0.3, -0.25) is 0 Å². The maximum absolute atomic E-state index is 11.8. The van der Waals surface area contributed by atoms with Gasteiger partial charge in [-0.05, 0) is 19.1 Å². The minimum Gasteiger partial charge on any atom is -0.462 e.